The molecule has 0 spiro atoms. The lowest BCUT2D eigenvalue weighted by Gasteiger charge is -2.20. The van der Waals surface area contributed by atoms with Gasteiger partial charge in [0.15, 0.2) is 0 Å². The zero-order valence-corrected chi connectivity index (χ0v) is 12.1. The lowest BCUT2D eigenvalue weighted by molar-refractivity contribution is -0.137. The Kier molecular flexibility index (Phi) is 5.42. The van der Waals surface area contributed by atoms with Crippen LogP contribution < -0.4 is 0 Å². The van der Waals surface area contributed by atoms with Crippen LogP contribution >= 0.6 is 11.6 Å². The first kappa shape index (κ1) is 17.2. The summed E-state index contributed by atoms with van der Waals surface area (Å²) >= 11 is 5.70. The lowest BCUT2D eigenvalue weighted by atomic mass is 10.2. The van der Waals surface area contributed by atoms with Crippen molar-refractivity contribution in [2.75, 3.05) is 19.7 Å². The highest BCUT2D eigenvalue weighted by Gasteiger charge is 2.34. The van der Waals surface area contributed by atoms with Crippen LogP contribution in [0.3, 0.4) is 0 Å². The zero-order chi connectivity index (χ0) is 15.6. The fourth-order valence-corrected chi connectivity index (χ4v) is 3.52. The first-order valence-electron chi connectivity index (χ1n) is 5.62. The molecule has 1 aromatic rings. The van der Waals surface area contributed by atoms with E-state index in [0.717, 1.165) is 10.4 Å². The molecule has 1 N–H and O–H groups in total. The molecule has 0 amide bonds. The van der Waals surface area contributed by atoms with E-state index in [0.29, 0.717) is 12.1 Å². The van der Waals surface area contributed by atoms with Crippen molar-refractivity contribution in [2.45, 2.75) is 18.0 Å². The Morgan fingerprint density at radius 2 is 1.95 bits per heavy atom. The molecule has 1 rings (SSSR count). The number of hydrogen-bond acceptors (Lipinski definition) is 3. The van der Waals surface area contributed by atoms with Crippen molar-refractivity contribution in [3.8, 4) is 0 Å². The average Bonchev–Trinajstić information content (AvgIpc) is 2.34. The van der Waals surface area contributed by atoms with Crippen LogP contribution in [0.1, 0.15) is 12.5 Å². The molecule has 9 heteroatoms. The second kappa shape index (κ2) is 6.30. The van der Waals surface area contributed by atoms with Crippen molar-refractivity contribution in [2.24, 2.45) is 0 Å². The van der Waals surface area contributed by atoms with Gasteiger partial charge in [0.25, 0.3) is 0 Å². The van der Waals surface area contributed by atoms with Gasteiger partial charge in [-0.2, -0.15) is 17.5 Å². The molecule has 114 valence electrons. The standard InChI is InChI=1S/C11H13ClF3NO3S/c1-2-16(5-6-17)20(18,19)10-7-8(11(13,14)15)3-4-9(10)12/h3-4,7,17H,2,5-6H2,1H3. The summed E-state index contributed by atoms with van der Waals surface area (Å²) in [4.78, 5) is -0.621. The number of likely N-dealkylation sites (N-methyl/N-ethyl adjacent to an activating group) is 1. The Morgan fingerprint density at radius 1 is 1.35 bits per heavy atom. The smallest absolute Gasteiger partial charge is 0.395 e. The van der Waals surface area contributed by atoms with Crippen LogP contribution in [0.4, 0.5) is 13.2 Å². The summed E-state index contributed by atoms with van der Waals surface area (Å²) in [6.07, 6.45) is -4.66. The Bertz CT molecular complexity index is 575. The number of nitrogens with zero attached hydrogens (tertiary/aromatic N) is 1. The third-order valence-electron chi connectivity index (χ3n) is 2.58. The second-order valence-electron chi connectivity index (χ2n) is 3.86. The molecule has 0 radical (unpaired) electrons. The molecule has 0 aliphatic carbocycles. The predicted molar refractivity (Wildman–Crippen MR) is 68.0 cm³/mol. The third-order valence-corrected chi connectivity index (χ3v) is 5.03. The van der Waals surface area contributed by atoms with Crippen LogP contribution in [0.15, 0.2) is 23.1 Å². The van der Waals surface area contributed by atoms with Crippen LogP contribution in [0.2, 0.25) is 5.02 Å². The fourth-order valence-electron chi connectivity index (χ4n) is 1.58. The minimum atomic E-state index is -4.66. The van der Waals surface area contributed by atoms with Gasteiger partial charge in [-0.1, -0.05) is 18.5 Å². The maximum absolute atomic E-state index is 12.6. The number of sulfonamides is 1. The molecule has 0 aliphatic rings. The van der Waals surface area contributed by atoms with E-state index in [1.165, 1.54) is 6.92 Å². The summed E-state index contributed by atoms with van der Waals surface area (Å²) in [7, 11) is -4.19. The number of alkyl halides is 3. The molecule has 0 fully saturated rings. The molecule has 0 saturated carbocycles. The number of benzene rings is 1. The molecule has 4 nitrogen and oxygen atoms in total. The topological polar surface area (TPSA) is 57.6 Å². The highest BCUT2D eigenvalue weighted by Crippen LogP contribution is 2.34. The van der Waals surface area contributed by atoms with E-state index >= 15 is 0 Å². The number of halogens is 4. The molecule has 0 atom stereocenters. The minimum Gasteiger partial charge on any atom is -0.395 e. The van der Waals surface area contributed by atoms with E-state index in [2.05, 4.69) is 0 Å². The molecule has 1 aromatic carbocycles. The van der Waals surface area contributed by atoms with Gasteiger partial charge in [0.1, 0.15) is 4.90 Å². The largest absolute Gasteiger partial charge is 0.416 e. The SMILES string of the molecule is CCN(CCO)S(=O)(=O)c1cc(C(F)(F)F)ccc1Cl. The quantitative estimate of drug-likeness (QED) is 0.901. The van der Waals surface area contributed by atoms with E-state index < -0.39 is 33.3 Å². The summed E-state index contributed by atoms with van der Waals surface area (Å²) in [6.45, 7) is 0.860. The van der Waals surface area contributed by atoms with Crippen molar-refractivity contribution >= 4 is 21.6 Å². The predicted octanol–water partition coefficient (Wildman–Crippen LogP) is 2.36. The Balaban J connectivity index is 3.37. The van der Waals surface area contributed by atoms with Gasteiger partial charge >= 0.3 is 6.18 Å². The number of hydrogen-bond donors (Lipinski definition) is 1. The van der Waals surface area contributed by atoms with Crippen LogP contribution in [-0.4, -0.2) is 37.5 Å². The van der Waals surface area contributed by atoms with Gasteiger partial charge in [-0.15, -0.1) is 0 Å². The van der Waals surface area contributed by atoms with Crippen molar-refractivity contribution in [3.05, 3.63) is 28.8 Å². The molecular weight excluding hydrogens is 319 g/mol. The van der Waals surface area contributed by atoms with Crippen LogP contribution in [0.5, 0.6) is 0 Å². The second-order valence-corrected chi connectivity index (χ2v) is 6.18. The number of aliphatic hydroxyl groups excluding tert-OH is 1. The molecule has 0 heterocycles. The van der Waals surface area contributed by atoms with Gasteiger partial charge in [0.05, 0.1) is 17.2 Å². The summed E-state index contributed by atoms with van der Waals surface area (Å²) in [5.41, 5.74) is -1.10. The summed E-state index contributed by atoms with van der Waals surface area (Å²) in [6, 6.07) is 2.10. The molecular formula is C11H13ClF3NO3S. The average molecular weight is 332 g/mol. The van der Waals surface area contributed by atoms with Crippen molar-refractivity contribution in [1.29, 1.82) is 0 Å². The summed E-state index contributed by atoms with van der Waals surface area (Å²) in [5.74, 6) is 0. The van der Waals surface area contributed by atoms with Crippen LogP contribution in [0, 0.1) is 0 Å². The van der Waals surface area contributed by atoms with Crippen molar-refractivity contribution < 1.29 is 26.7 Å². The van der Waals surface area contributed by atoms with E-state index in [-0.39, 0.29) is 18.1 Å². The Labute approximate surface area is 119 Å². The monoisotopic (exact) mass is 331 g/mol. The van der Waals surface area contributed by atoms with Gasteiger partial charge in [-0.05, 0) is 18.2 Å². The minimum absolute atomic E-state index is 0.00939. The zero-order valence-electron chi connectivity index (χ0n) is 10.5. The fraction of sp³-hybridized carbons (Fsp3) is 0.455. The van der Waals surface area contributed by atoms with Gasteiger partial charge in [0.2, 0.25) is 10.0 Å². The van der Waals surface area contributed by atoms with Crippen LogP contribution in [0.25, 0.3) is 0 Å². The van der Waals surface area contributed by atoms with Gasteiger partial charge in [0, 0.05) is 13.1 Å². The maximum Gasteiger partial charge on any atom is 0.416 e. The first-order valence-corrected chi connectivity index (χ1v) is 7.44. The maximum atomic E-state index is 12.6. The molecule has 0 aromatic heterocycles. The molecule has 0 saturated heterocycles. The highest BCUT2D eigenvalue weighted by atomic mass is 35.5. The van der Waals surface area contributed by atoms with Crippen LogP contribution in [-0.2, 0) is 16.2 Å². The molecule has 0 unspecified atom stereocenters. The van der Waals surface area contributed by atoms with Crippen molar-refractivity contribution in [3.63, 3.8) is 0 Å². The number of rotatable bonds is 5. The summed E-state index contributed by atoms with van der Waals surface area (Å²) < 4.78 is 63.2. The van der Waals surface area contributed by atoms with E-state index in [9.17, 15) is 21.6 Å². The van der Waals surface area contributed by atoms with Gasteiger partial charge < -0.3 is 5.11 Å². The third kappa shape index (κ3) is 3.63. The van der Waals surface area contributed by atoms with Crippen molar-refractivity contribution in [1.82, 2.24) is 4.31 Å². The van der Waals surface area contributed by atoms with E-state index in [4.69, 9.17) is 16.7 Å². The molecule has 0 aliphatic heterocycles. The van der Waals surface area contributed by atoms with E-state index in [1.807, 2.05) is 0 Å². The molecule has 0 bridgehead atoms. The van der Waals surface area contributed by atoms with Gasteiger partial charge in [-0.3, -0.25) is 0 Å². The van der Waals surface area contributed by atoms with Gasteiger partial charge in [-0.25, -0.2) is 8.42 Å². The normalized spacial score (nSPS) is 12.9. The highest BCUT2D eigenvalue weighted by molar-refractivity contribution is 7.89. The molecule has 20 heavy (non-hydrogen) atoms. The van der Waals surface area contributed by atoms with E-state index in [1.54, 1.807) is 0 Å². The Morgan fingerprint density at radius 3 is 2.40 bits per heavy atom. The first-order chi connectivity index (χ1) is 9.14. The Hall–Kier alpha value is -0.830. The summed E-state index contributed by atoms with van der Waals surface area (Å²) in [5, 5.41) is 8.52. The lowest BCUT2D eigenvalue weighted by Crippen LogP contribution is -2.33. The number of aliphatic hydroxyl groups is 1.